The molecule has 7 heteroatoms. The van der Waals surface area contributed by atoms with E-state index in [1.165, 1.54) is 11.3 Å². The first-order valence-corrected chi connectivity index (χ1v) is 8.95. The predicted octanol–water partition coefficient (Wildman–Crippen LogP) is 2.12. The normalized spacial score (nSPS) is 20.9. The number of sulfone groups is 1. The molecule has 0 aliphatic carbocycles. The van der Waals surface area contributed by atoms with Gasteiger partial charge in [-0.25, -0.2) is 18.4 Å². The Morgan fingerprint density at radius 1 is 1.35 bits per heavy atom. The van der Waals surface area contributed by atoms with Crippen LogP contribution in [-0.2, 0) is 9.84 Å². The van der Waals surface area contributed by atoms with Gasteiger partial charge in [-0.15, -0.1) is 11.3 Å². The van der Waals surface area contributed by atoms with E-state index in [-0.39, 0.29) is 17.4 Å². The fourth-order valence-corrected chi connectivity index (χ4v) is 4.90. The van der Waals surface area contributed by atoms with Crippen LogP contribution < -0.4 is 4.74 Å². The third-order valence-electron chi connectivity index (χ3n) is 3.32. The van der Waals surface area contributed by atoms with Gasteiger partial charge >= 0.3 is 0 Å². The van der Waals surface area contributed by atoms with Crippen LogP contribution in [-0.4, -0.2) is 37.0 Å². The summed E-state index contributed by atoms with van der Waals surface area (Å²) in [4.78, 5) is 8.88. The number of hydrogen-bond acceptors (Lipinski definition) is 6. The number of ether oxygens (including phenoxy) is 1. The number of thiazole rings is 1. The first-order valence-electron chi connectivity index (χ1n) is 6.25. The number of nitrogens with zero attached hydrogens (tertiary/aromatic N) is 2. The number of rotatable bonds is 3. The molecule has 1 aliphatic heterocycles. The molecule has 0 spiro atoms. The molecule has 0 N–H and O–H groups in total. The maximum Gasteiger partial charge on any atom is 0.213 e. The molecule has 1 fully saturated rings. The lowest BCUT2D eigenvalue weighted by Crippen LogP contribution is -2.04. The monoisotopic (exact) mass is 310 g/mol. The second-order valence-electron chi connectivity index (χ2n) is 4.74. The Balaban J connectivity index is 1.87. The van der Waals surface area contributed by atoms with E-state index in [2.05, 4.69) is 9.97 Å². The maximum atomic E-state index is 11.5. The molecule has 1 saturated heterocycles. The fraction of sp³-hybridized carbons (Fsp3) is 0.385. The van der Waals surface area contributed by atoms with Gasteiger partial charge in [0.25, 0.3) is 0 Å². The van der Waals surface area contributed by atoms with Crippen molar-refractivity contribution in [2.75, 3.05) is 18.6 Å². The van der Waals surface area contributed by atoms with Gasteiger partial charge in [0, 0.05) is 17.4 Å². The molecule has 5 nitrogen and oxygen atoms in total. The molecule has 0 saturated carbocycles. The lowest BCUT2D eigenvalue weighted by molar-refractivity contribution is 0.398. The summed E-state index contributed by atoms with van der Waals surface area (Å²) in [5.74, 6) is 1.04. The molecule has 3 heterocycles. The van der Waals surface area contributed by atoms with Crippen LogP contribution in [0.25, 0.3) is 10.7 Å². The van der Waals surface area contributed by atoms with Crippen molar-refractivity contribution in [2.45, 2.75) is 12.3 Å². The highest BCUT2D eigenvalue weighted by Gasteiger charge is 2.30. The van der Waals surface area contributed by atoms with Crippen molar-refractivity contribution in [1.29, 1.82) is 0 Å². The molecular formula is C13H14N2O3S2. The van der Waals surface area contributed by atoms with Gasteiger partial charge in [-0.1, -0.05) is 6.07 Å². The Bertz CT molecular complexity index is 725. The minimum absolute atomic E-state index is 0.0237. The van der Waals surface area contributed by atoms with Crippen molar-refractivity contribution >= 4 is 21.2 Å². The van der Waals surface area contributed by atoms with Crippen LogP contribution in [0.2, 0.25) is 0 Å². The molecule has 20 heavy (non-hydrogen) atoms. The van der Waals surface area contributed by atoms with Crippen molar-refractivity contribution in [1.82, 2.24) is 9.97 Å². The minimum atomic E-state index is -2.88. The van der Waals surface area contributed by atoms with Gasteiger partial charge in [0.15, 0.2) is 9.84 Å². The number of aromatic nitrogens is 2. The van der Waals surface area contributed by atoms with E-state index in [1.54, 1.807) is 13.2 Å². The zero-order chi connectivity index (χ0) is 14.2. The standard InChI is InChI=1S/C13H14N2O3S2/c1-18-12-4-2-3-10(14-12)13-15-11(7-19-13)9-5-6-20(16,17)8-9/h2-4,7,9H,5-6,8H2,1H3. The third kappa shape index (κ3) is 2.69. The topological polar surface area (TPSA) is 69.2 Å². The van der Waals surface area contributed by atoms with Gasteiger partial charge in [0.2, 0.25) is 5.88 Å². The van der Waals surface area contributed by atoms with Gasteiger partial charge in [-0.3, -0.25) is 0 Å². The quantitative estimate of drug-likeness (QED) is 0.868. The molecule has 1 aliphatic rings. The van der Waals surface area contributed by atoms with Crippen LogP contribution in [0.3, 0.4) is 0 Å². The molecule has 106 valence electrons. The summed E-state index contributed by atoms with van der Waals surface area (Å²) < 4.78 is 28.1. The lowest BCUT2D eigenvalue weighted by atomic mass is 10.1. The van der Waals surface area contributed by atoms with Gasteiger partial charge in [0.05, 0.1) is 24.3 Å². The van der Waals surface area contributed by atoms with Crippen LogP contribution in [0.15, 0.2) is 23.6 Å². The lowest BCUT2D eigenvalue weighted by Gasteiger charge is -2.02. The van der Waals surface area contributed by atoms with Crippen LogP contribution in [0.1, 0.15) is 18.0 Å². The minimum Gasteiger partial charge on any atom is -0.481 e. The van der Waals surface area contributed by atoms with Crippen molar-refractivity contribution in [3.63, 3.8) is 0 Å². The van der Waals surface area contributed by atoms with E-state index in [4.69, 9.17) is 4.74 Å². The molecule has 1 unspecified atom stereocenters. The zero-order valence-corrected chi connectivity index (χ0v) is 12.6. The first kappa shape index (κ1) is 13.5. The summed E-state index contributed by atoms with van der Waals surface area (Å²) in [6.07, 6.45) is 0.664. The fourth-order valence-electron chi connectivity index (χ4n) is 2.27. The molecule has 0 amide bonds. The Morgan fingerprint density at radius 2 is 2.20 bits per heavy atom. The third-order valence-corrected chi connectivity index (χ3v) is 5.98. The molecule has 1 atom stereocenters. The van der Waals surface area contributed by atoms with E-state index in [9.17, 15) is 8.42 Å². The second kappa shape index (κ2) is 5.14. The number of hydrogen-bond donors (Lipinski definition) is 0. The maximum absolute atomic E-state index is 11.5. The molecule has 0 bridgehead atoms. The molecule has 2 aromatic rings. The average molecular weight is 310 g/mol. The summed E-state index contributed by atoms with van der Waals surface area (Å²) in [6.45, 7) is 0. The summed E-state index contributed by atoms with van der Waals surface area (Å²) in [6, 6.07) is 5.51. The van der Waals surface area contributed by atoms with Crippen LogP contribution in [0.4, 0.5) is 0 Å². The van der Waals surface area contributed by atoms with Crippen molar-refractivity contribution < 1.29 is 13.2 Å². The summed E-state index contributed by atoms with van der Waals surface area (Å²) in [5, 5.41) is 2.73. The first-order chi connectivity index (χ1) is 9.57. The SMILES string of the molecule is COc1cccc(-c2nc(C3CCS(=O)(=O)C3)cs2)n1. The molecule has 3 rings (SSSR count). The zero-order valence-electron chi connectivity index (χ0n) is 10.9. The summed E-state index contributed by atoms with van der Waals surface area (Å²) in [5.41, 5.74) is 1.61. The average Bonchev–Trinajstić information content (AvgIpc) is 3.05. The van der Waals surface area contributed by atoms with Crippen molar-refractivity contribution in [2.24, 2.45) is 0 Å². The van der Waals surface area contributed by atoms with E-state index >= 15 is 0 Å². The molecule has 0 aromatic carbocycles. The number of pyridine rings is 1. The van der Waals surface area contributed by atoms with Crippen molar-refractivity contribution in [3.8, 4) is 16.6 Å². The highest BCUT2D eigenvalue weighted by molar-refractivity contribution is 7.91. The molecule has 0 radical (unpaired) electrons. The predicted molar refractivity (Wildman–Crippen MR) is 77.9 cm³/mol. The van der Waals surface area contributed by atoms with Gasteiger partial charge in [-0.2, -0.15) is 0 Å². The number of methoxy groups -OCH3 is 1. The second-order valence-corrected chi connectivity index (χ2v) is 7.83. The van der Waals surface area contributed by atoms with E-state index in [1.807, 2.05) is 17.5 Å². The Hall–Kier alpha value is -1.47. The van der Waals surface area contributed by atoms with Crippen LogP contribution in [0.5, 0.6) is 5.88 Å². The largest absolute Gasteiger partial charge is 0.481 e. The Morgan fingerprint density at radius 3 is 2.90 bits per heavy atom. The van der Waals surface area contributed by atoms with Gasteiger partial charge in [0.1, 0.15) is 10.7 Å². The Kier molecular flexibility index (Phi) is 3.47. The Labute approximate surface area is 121 Å². The summed E-state index contributed by atoms with van der Waals surface area (Å²) in [7, 11) is -1.31. The van der Waals surface area contributed by atoms with E-state index in [0.717, 1.165) is 16.4 Å². The molecule has 2 aromatic heterocycles. The van der Waals surface area contributed by atoms with Crippen LogP contribution in [0, 0.1) is 0 Å². The van der Waals surface area contributed by atoms with E-state index < -0.39 is 9.84 Å². The van der Waals surface area contributed by atoms with Gasteiger partial charge in [-0.05, 0) is 12.5 Å². The highest BCUT2D eigenvalue weighted by atomic mass is 32.2. The summed E-state index contributed by atoms with van der Waals surface area (Å²) >= 11 is 1.48. The van der Waals surface area contributed by atoms with Gasteiger partial charge < -0.3 is 4.74 Å². The highest BCUT2D eigenvalue weighted by Crippen LogP contribution is 2.32. The smallest absolute Gasteiger partial charge is 0.213 e. The van der Waals surface area contributed by atoms with Crippen molar-refractivity contribution in [3.05, 3.63) is 29.3 Å². The van der Waals surface area contributed by atoms with Crippen LogP contribution >= 0.6 is 11.3 Å². The molecular weight excluding hydrogens is 296 g/mol. The van der Waals surface area contributed by atoms with E-state index in [0.29, 0.717) is 12.3 Å².